The van der Waals surface area contributed by atoms with Gasteiger partial charge >= 0.3 is 0 Å². The summed E-state index contributed by atoms with van der Waals surface area (Å²) in [5.74, 6) is -1.27. The van der Waals surface area contributed by atoms with Crippen molar-refractivity contribution in [1.82, 2.24) is 10.9 Å². The molecule has 0 aliphatic heterocycles. The second-order valence-electron chi connectivity index (χ2n) is 4.31. The van der Waals surface area contributed by atoms with Gasteiger partial charge in [-0.15, -0.1) is 0 Å². The van der Waals surface area contributed by atoms with Crippen LogP contribution in [0.25, 0.3) is 6.08 Å². The van der Waals surface area contributed by atoms with E-state index >= 15 is 0 Å². The highest BCUT2D eigenvalue weighted by atomic mass is 79.9. The number of nitrogens with one attached hydrogen (secondary N) is 2. The van der Waals surface area contributed by atoms with Gasteiger partial charge in [0.05, 0.1) is 5.56 Å². The third-order valence-corrected chi connectivity index (χ3v) is 3.41. The molecule has 2 N–H and O–H groups in total. The predicted molar refractivity (Wildman–Crippen MR) is 85.2 cm³/mol. The summed E-state index contributed by atoms with van der Waals surface area (Å²) in [6.07, 6.45) is 2.76. The maximum atomic E-state index is 12.7. The van der Waals surface area contributed by atoms with E-state index in [4.69, 9.17) is 0 Å². The quantitative estimate of drug-likeness (QED) is 0.651. The van der Waals surface area contributed by atoms with Gasteiger partial charge in [0.25, 0.3) is 11.8 Å². The minimum absolute atomic E-state index is 0.345. The van der Waals surface area contributed by atoms with Crippen molar-refractivity contribution in [3.05, 3.63) is 76.0 Å². The number of rotatable bonds is 3. The van der Waals surface area contributed by atoms with Crippen molar-refractivity contribution in [1.29, 1.82) is 0 Å². The van der Waals surface area contributed by atoms with Gasteiger partial charge < -0.3 is 0 Å². The van der Waals surface area contributed by atoms with E-state index in [1.165, 1.54) is 24.3 Å². The van der Waals surface area contributed by atoms with Crippen LogP contribution in [0.4, 0.5) is 4.39 Å². The minimum Gasteiger partial charge on any atom is -0.268 e. The first-order valence-corrected chi connectivity index (χ1v) is 7.14. The third kappa shape index (κ3) is 4.53. The molecule has 2 rings (SSSR count). The lowest BCUT2D eigenvalue weighted by molar-refractivity contribution is -0.117. The Morgan fingerprint density at radius 2 is 1.68 bits per heavy atom. The maximum absolute atomic E-state index is 12.7. The zero-order chi connectivity index (χ0) is 15.9. The van der Waals surface area contributed by atoms with E-state index in [2.05, 4.69) is 26.8 Å². The molecule has 0 unspecified atom stereocenters. The summed E-state index contributed by atoms with van der Waals surface area (Å²) < 4.78 is 13.4. The smallest absolute Gasteiger partial charge is 0.268 e. The van der Waals surface area contributed by atoms with E-state index < -0.39 is 11.8 Å². The Labute approximate surface area is 135 Å². The second-order valence-corrected chi connectivity index (χ2v) is 5.16. The summed E-state index contributed by atoms with van der Waals surface area (Å²) in [6.45, 7) is 0. The van der Waals surface area contributed by atoms with Crippen molar-refractivity contribution in [3.8, 4) is 0 Å². The Kier molecular flexibility index (Phi) is 5.43. The first-order valence-electron chi connectivity index (χ1n) is 6.35. The Morgan fingerprint density at radius 3 is 2.36 bits per heavy atom. The first-order chi connectivity index (χ1) is 10.6. The van der Waals surface area contributed by atoms with Crippen molar-refractivity contribution in [3.63, 3.8) is 0 Å². The van der Waals surface area contributed by atoms with Crippen LogP contribution in [-0.2, 0) is 4.79 Å². The number of hydrazine groups is 1. The number of benzene rings is 2. The minimum atomic E-state index is -0.496. The van der Waals surface area contributed by atoms with Gasteiger partial charge in [-0.1, -0.05) is 24.3 Å². The molecule has 0 aromatic heterocycles. The number of amides is 2. The van der Waals surface area contributed by atoms with Crippen LogP contribution in [0, 0.1) is 5.82 Å². The van der Waals surface area contributed by atoms with Crippen molar-refractivity contribution in [2.24, 2.45) is 0 Å². The van der Waals surface area contributed by atoms with E-state index in [9.17, 15) is 14.0 Å². The summed E-state index contributed by atoms with van der Waals surface area (Å²) in [5.41, 5.74) is 5.66. The fourth-order valence-electron chi connectivity index (χ4n) is 1.62. The average Bonchev–Trinajstić information content (AvgIpc) is 2.52. The number of carbonyl (C=O) groups excluding carboxylic acids is 2. The molecule has 0 atom stereocenters. The molecule has 0 spiro atoms. The van der Waals surface area contributed by atoms with Crippen LogP contribution in [0.2, 0.25) is 0 Å². The highest BCUT2D eigenvalue weighted by molar-refractivity contribution is 9.10. The third-order valence-electron chi connectivity index (χ3n) is 2.71. The van der Waals surface area contributed by atoms with Crippen LogP contribution in [0.3, 0.4) is 0 Å². The molecule has 0 saturated carbocycles. The molecule has 0 saturated heterocycles. The molecular weight excluding hydrogens is 351 g/mol. The van der Waals surface area contributed by atoms with E-state index in [0.29, 0.717) is 15.6 Å². The monoisotopic (exact) mass is 362 g/mol. The molecule has 4 nitrogen and oxygen atoms in total. The van der Waals surface area contributed by atoms with Gasteiger partial charge in [-0.3, -0.25) is 20.4 Å². The highest BCUT2D eigenvalue weighted by Gasteiger charge is 2.08. The molecule has 6 heteroatoms. The van der Waals surface area contributed by atoms with Gasteiger partial charge in [0.1, 0.15) is 5.82 Å². The molecular formula is C16H12BrFN2O2. The standard InChI is InChI=1S/C16H12BrFN2O2/c17-14-4-2-1-3-13(14)16(22)20-19-15(21)10-7-11-5-8-12(18)9-6-11/h1-10H,(H,19,21)(H,20,22)/b10-7+. The van der Waals surface area contributed by atoms with E-state index in [1.807, 2.05) is 0 Å². The summed E-state index contributed by atoms with van der Waals surface area (Å²) in [5, 5.41) is 0. The topological polar surface area (TPSA) is 58.2 Å². The molecule has 0 heterocycles. The molecule has 0 aliphatic carbocycles. The van der Waals surface area contributed by atoms with Gasteiger partial charge in [-0.05, 0) is 51.8 Å². The Morgan fingerprint density at radius 1 is 1.00 bits per heavy atom. The SMILES string of the molecule is O=C(/C=C/c1ccc(F)cc1)NNC(=O)c1ccccc1Br. The highest BCUT2D eigenvalue weighted by Crippen LogP contribution is 2.15. The molecule has 0 bridgehead atoms. The van der Waals surface area contributed by atoms with Gasteiger partial charge in [-0.2, -0.15) is 0 Å². The van der Waals surface area contributed by atoms with Gasteiger partial charge in [0.15, 0.2) is 0 Å². The zero-order valence-electron chi connectivity index (χ0n) is 11.3. The number of carbonyl (C=O) groups is 2. The molecule has 0 aliphatic rings. The van der Waals surface area contributed by atoms with Crippen molar-refractivity contribution < 1.29 is 14.0 Å². The molecule has 0 radical (unpaired) electrons. The van der Waals surface area contributed by atoms with Crippen LogP contribution in [0.15, 0.2) is 59.1 Å². The van der Waals surface area contributed by atoms with Crippen molar-refractivity contribution in [2.45, 2.75) is 0 Å². The number of hydrogen-bond donors (Lipinski definition) is 2. The number of halogens is 2. The first kappa shape index (κ1) is 15.9. The molecule has 22 heavy (non-hydrogen) atoms. The Balaban J connectivity index is 1.89. The van der Waals surface area contributed by atoms with E-state index in [0.717, 1.165) is 0 Å². The lowest BCUT2D eigenvalue weighted by Crippen LogP contribution is -2.40. The largest absolute Gasteiger partial charge is 0.270 e. The van der Waals surface area contributed by atoms with Crippen molar-refractivity contribution in [2.75, 3.05) is 0 Å². The maximum Gasteiger partial charge on any atom is 0.270 e. The number of hydrogen-bond acceptors (Lipinski definition) is 2. The molecule has 2 aromatic carbocycles. The summed E-state index contributed by atoms with van der Waals surface area (Å²) in [7, 11) is 0. The van der Waals surface area contributed by atoms with Gasteiger partial charge in [-0.25, -0.2) is 4.39 Å². The van der Waals surface area contributed by atoms with E-state index in [-0.39, 0.29) is 5.82 Å². The fraction of sp³-hybridized carbons (Fsp3) is 0. The average molecular weight is 363 g/mol. The van der Waals surface area contributed by atoms with Crippen LogP contribution in [-0.4, -0.2) is 11.8 Å². The van der Waals surface area contributed by atoms with Gasteiger partial charge in [0, 0.05) is 10.5 Å². The lowest BCUT2D eigenvalue weighted by Gasteiger charge is -2.06. The molecule has 2 amide bonds. The normalized spacial score (nSPS) is 10.5. The zero-order valence-corrected chi connectivity index (χ0v) is 12.9. The lowest BCUT2D eigenvalue weighted by atomic mass is 10.2. The van der Waals surface area contributed by atoms with Gasteiger partial charge in [0.2, 0.25) is 0 Å². The summed E-state index contributed by atoms with van der Waals surface area (Å²) >= 11 is 3.25. The fourth-order valence-corrected chi connectivity index (χ4v) is 2.08. The van der Waals surface area contributed by atoms with E-state index in [1.54, 1.807) is 36.4 Å². The summed E-state index contributed by atoms with van der Waals surface area (Å²) in [4.78, 5) is 23.5. The second kappa shape index (κ2) is 7.51. The van der Waals surface area contributed by atoms with Crippen LogP contribution < -0.4 is 10.9 Å². The Bertz CT molecular complexity index is 714. The van der Waals surface area contributed by atoms with Crippen LogP contribution >= 0.6 is 15.9 Å². The van der Waals surface area contributed by atoms with Crippen LogP contribution in [0.1, 0.15) is 15.9 Å². The molecule has 112 valence electrons. The summed E-state index contributed by atoms with van der Waals surface area (Å²) in [6, 6.07) is 12.5. The molecule has 0 fully saturated rings. The molecule has 2 aromatic rings. The van der Waals surface area contributed by atoms with Crippen LogP contribution in [0.5, 0.6) is 0 Å². The predicted octanol–water partition coefficient (Wildman–Crippen LogP) is 3.06. The Hall–Kier alpha value is -2.47. The van der Waals surface area contributed by atoms with Crippen molar-refractivity contribution >= 4 is 33.8 Å².